The van der Waals surface area contributed by atoms with Crippen molar-refractivity contribution in [3.05, 3.63) is 0 Å². The van der Waals surface area contributed by atoms with Gasteiger partial charge in [0.25, 0.3) is 5.17 Å². The van der Waals surface area contributed by atoms with Crippen LogP contribution in [-0.2, 0) is 4.74 Å². The van der Waals surface area contributed by atoms with Crippen molar-refractivity contribution >= 4 is 17.4 Å². The van der Waals surface area contributed by atoms with Gasteiger partial charge < -0.3 is 10.1 Å². The molecule has 0 rings (SSSR count). The second kappa shape index (κ2) is 5.75. The number of alkyl halides is 1. The zero-order valence-corrected chi connectivity index (χ0v) is 6.13. The minimum Gasteiger partial charge on any atom is -0.474 e. The van der Waals surface area contributed by atoms with E-state index in [1.807, 2.05) is 0 Å². The number of halogens is 1. The Labute approximate surface area is 59.4 Å². The molecule has 0 heterocycles. The monoisotopic (exact) mass is 151 g/mol. The molecule has 0 atom stereocenters. The summed E-state index contributed by atoms with van der Waals surface area (Å²) in [5.41, 5.74) is 0. The third-order valence-electron chi connectivity index (χ3n) is 0.765. The summed E-state index contributed by atoms with van der Waals surface area (Å²) in [4.78, 5) is 0. The van der Waals surface area contributed by atoms with E-state index >= 15 is 0 Å². The smallest absolute Gasteiger partial charge is 0.256 e. The van der Waals surface area contributed by atoms with Gasteiger partial charge in [0, 0.05) is 6.54 Å². The number of hydrogen-bond acceptors (Lipinski definition) is 2. The van der Waals surface area contributed by atoms with Gasteiger partial charge in [-0.3, -0.25) is 4.39 Å². The second-order valence-corrected chi connectivity index (χ2v) is 1.83. The van der Waals surface area contributed by atoms with Crippen LogP contribution >= 0.6 is 12.2 Å². The van der Waals surface area contributed by atoms with Crippen LogP contribution in [0.15, 0.2) is 0 Å². The number of thiocarbonyl (C=S) groups is 1. The fourth-order valence-corrected chi connectivity index (χ4v) is 0.431. The molecular weight excluding hydrogens is 141 g/mol. The van der Waals surface area contributed by atoms with E-state index in [9.17, 15) is 4.39 Å². The van der Waals surface area contributed by atoms with Gasteiger partial charge in [-0.2, -0.15) is 0 Å². The quantitative estimate of drug-likeness (QED) is 0.477. The molecule has 0 aliphatic heterocycles. The maximum atomic E-state index is 11.4. The van der Waals surface area contributed by atoms with Gasteiger partial charge in [0.05, 0.1) is 13.8 Å². The molecule has 0 aromatic rings. The Kier molecular flexibility index (Phi) is 5.51. The fraction of sp³-hybridized carbons (Fsp3) is 0.800. The van der Waals surface area contributed by atoms with Gasteiger partial charge in [-0.1, -0.05) is 0 Å². The lowest BCUT2D eigenvalue weighted by Gasteiger charge is -2.02. The van der Waals surface area contributed by atoms with Crippen LogP contribution in [0, 0.1) is 0 Å². The topological polar surface area (TPSA) is 21.3 Å². The van der Waals surface area contributed by atoms with Crippen molar-refractivity contribution in [3.63, 3.8) is 0 Å². The summed E-state index contributed by atoms with van der Waals surface area (Å²) < 4.78 is 16.0. The lowest BCUT2D eigenvalue weighted by Crippen LogP contribution is -2.23. The highest BCUT2D eigenvalue weighted by Gasteiger charge is 1.89. The molecule has 0 saturated carbocycles. The van der Waals surface area contributed by atoms with E-state index < -0.39 is 0 Å². The van der Waals surface area contributed by atoms with Gasteiger partial charge in [0.2, 0.25) is 0 Å². The maximum absolute atomic E-state index is 11.4. The highest BCUT2D eigenvalue weighted by molar-refractivity contribution is 7.80. The Morgan fingerprint density at radius 2 is 2.44 bits per heavy atom. The summed E-state index contributed by atoms with van der Waals surface area (Å²) in [5, 5.41) is 3.03. The first-order valence-electron chi connectivity index (χ1n) is 2.69. The van der Waals surface area contributed by atoms with Crippen LogP contribution in [0.1, 0.15) is 6.42 Å². The third kappa shape index (κ3) is 5.49. The van der Waals surface area contributed by atoms with Crippen LogP contribution in [0.25, 0.3) is 0 Å². The van der Waals surface area contributed by atoms with Crippen molar-refractivity contribution in [3.8, 4) is 0 Å². The largest absolute Gasteiger partial charge is 0.474 e. The minimum absolute atomic E-state index is 0.320. The molecule has 0 aliphatic rings. The van der Waals surface area contributed by atoms with E-state index in [1.165, 1.54) is 7.11 Å². The van der Waals surface area contributed by atoms with E-state index in [4.69, 9.17) is 0 Å². The van der Waals surface area contributed by atoms with Crippen molar-refractivity contribution in [1.29, 1.82) is 0 Å². The summed E-state index contributed by atoms with van der Waals surface area (Å²) >= 11 is 4.61. The number of nitrogens with one attached hydrogen (secondary N) is 1. The predicted octanol–water partition coefficient (Wildman–Crippen LogP) is 0.867. The van der Waals surface area contributed by atoms with Crippen LogP contribution in [0.5, 0.6) is 0 Å². The van der Waals surface area contributed by atoms with Crippen molar-refractivity contribution in [2.45, 2.75) is 6.42 Å². The molecule has 0 aromatic heterocycles. The van der Waals surface area contributed by atoms with Crippen LogP contribution in [0.2, 0.25) is 0 Å². The summed E-state index contributed by atoms with van der Waals surface area (Å²) in [6.07, 6.45) is 0.476. The van der Waals surface area contributed by atoms with E-state index in [0.717, 1.165) is 0 Å². The SMILES string of the molecule is COC(=S)NCCCF. The van der Waals surface area contributed by atoms with Gasteiger partial charge in [0.15, 0.2) is 0 Å². The molecule has 0 saturated heterocycles. The van der Waals surface area contributed by atoms with Gasteiger partial charge in [0.1, 0.15) is 0 Å². The zero-order chi connectivity index (χ0) is 7.11. The standard InChI is InChI=1S/C5H10FNOS/c1-8-5(9)7-4-2-3-6/h2-4H2,1H3,(H,7,9). The Morgan fingerprint density at radius 1 is 1.78 bits per heavy atom. The molecule has 9 heavy (non-hydrogen) atoms. The van der Waals surface area contributed by atoms with E-state index in [0.29, 0.717) is 18.1 Å². The molecule has 0 unspecified atom stereocenters. The van der Waals surface area contributed by atoms with Gasteiger partial charge >= 0.3 is 0 Å². The molecule has 0 aliphatic carbocycles. The van der Waals surface area contributed by atoms with E-state index in [-0.39, 0.29) is 6.67 Å². The fourth-order valence-electron chi connectivity index (χ4n) is 0.329. The zero-order valence-electron chi connectivity index (χ0n) is 5.32. The van der Waals surface area contributed by atoms with E-state index in [2.05, 4.69) is 22.3 Å². The first kappa shape index (κ1) is 8.62. The molecule has 0 spiro atoms. The second-order valence-electron chi connectivity index (χ2n) is 1.46. The molecule has 2 nitrogen and oxygen atoms in total. The molecule has 0 bridgehead atoms. The molecule has 54 valence electrons. The normalized spacial score (nSPS) is 8.67. The van der Waals surface area contributed by atoms with Crippen molar-refractivity contribution in [1.82, 2.24) is 5.32 Å². The highest BCUT2D eigenvalue weighted by Crippen LogP contribution is 1.78. The number of hydrogen-bond donors (Lipinski definition) is 1. The van der Waals surface area contributed by atoms with Crippen molar-refractivity contribution in [2.24, 2.45) is 0 Å². The van der Waals surface area contributed by atoms with Crippen LogP contribution in [0.3, 0.4) is 0 Å². The summed E-state index contributed by atoms with van der Waals surface area (Å²) in [6.45, 7) is 0.225. The highest BCUT2D eigenvalue weighted by atomic mass is 32.1. The van der Waals surface area contributed by atoms with Crippen molar-refractivity contribution in [2.75, 3.05) is 20.3 Å². The molecule has 0 fully saturated rings. The van der Waals surface area contributed by atoms with Crippen LogP contribution in [-0.4, -0.2) is 25.5 Å². The Balaban J connectivity index is 2.97. The number of ether oxygens (including phenoxy) is 1. The molecule has 0 radical (unpaired) electrons. The van der Waals surface area contributed by atoms with Crippen LogP contribution in [0.4, 0.5) is 4.39 Å². The number of methoxy groups -OCH3 is 1. The molecule has 0 amide bonds. The molecular formula is C5H10FNOS. The Morgan fingerprint density at radius 3 is 2.89 bits per heavy atom. The van der Waals surface area contributed by atoms with Gasteiger partial charge in [-0.25, -0.2) is 0 Å². The first-order valence-corrected chi connectivity index (χ1v) is 3.10. The lowest BCUT2D eigenvalue weighted by molar-refractivity contribution is 0.388. The summed E-state index contributed by atoms with van der Waals surface area (Å²) in [5.74, 6) is 0. The maximum Gasteiger partial charge on any atom is 0.256 e. The molecule has 1 N–H and O–H groups in total. The predicted molar refractivity (Wildman–Crippen MR) is 38.2 cm³/mol. The Bertz CT molecular complexity index is 89.0. The van der Waals surface area contributed by atoms with Crippen molar-refractivity contribution < 1.29 is 9.13 Å². The average Bonchev–Trinajstić information content (AvgIpc) is 1.89. The van der Waals surface area contributed by atoms with Crippen LogP contribution < -0.4 is 5.32 Å². The molecule has 0 aromatic carbocycles. The number of rotatable bonds is 3. The Hall–Kier alpha value is -0.380. The summed E-state index contributed by atoms with van der Waals surface area (Å²) in [7, 11) is 1.48. The molecule has 4 heteroatoms. The third-order valence-corrected chi connectivity index (χ3v) is 1.08. The van der Waals surface area contributed by atoms with E-state index in [1.54, 1.807) is 0 Å². The van der Waals surface area contributed by atoms with Gasteiger partial charge in [-0.05, 0) is 18.6 Å². The first-order chi connectivity index (χ1) is 4.31. The average molecular weight is 151 g/mol. The summed E-state index contributed by atoms with van der Waals surface area (Å²) in [6, 6.07) is 0. The van der Waals surface area contributed by atoms with Gasteiger partial charge in [-0.15, -0.1) is 0 Å². The minimum atomic E-state index is -0.320. The lowest BCUT2D eigenvalue weighted by atomic mass is 10.5.